The van der Waals surface area contributed by atoms with Gasteiger partial charge >= 0.3 is 6.03 Å². The summed E-state index contributed by atoms with van der Waals surface area (Å²) in [5, 5.41) is 7.30. The molecule has 0 aromatic heterocycles. The number of hydrogen-bond donors (Lipinski definition) is 2. The molecule has 0 aliphatic rings. The number of nitrogens with zero attached hydrogens (tertiary/aromatic N) is 1. The molecule has 0 fully saturated rings. The Labute approximate surface area is 60.3 Å². The van der Waals surface area contributed by atoms with E-state index in [1.54, 1.807) is 6.92 Å². The van der Waals surface area contributed by atoms with Crippen LogP contribution in [0.5, 0.6) is 0 Å². The quantitative estimate of drug-likeness (QED) is 0.558. The molecule has 10 heavy (non-hydrogen) atoms. The fourth-order valence-electron chi connectivity index (χ4n) is 0.348. The average Bonchev–Trinajstić information content (AvgIpc) is 1.59. The van der Waals surface area contributed by atoms with E-state index < -0.39 is 15.9 Å². The zero-order valence-electron chi connectivity index (χ0n) is 5.96. The van der Waals surface area contributed by atoms with E-state index in [2.05, 4.69) is 9.68 Å². The summed E-state index contributed by atoms with van der Waals surface area (Å²) in [6.45, 7) is 2.19. The van der Waals surface area contributed by atoms with Crippen LogP contribution in [-0.4, -0.2) is 23.0 Å². The van der Waals surface area contributed by atoms with Crippen LogP contribution in [0.25, 0.3) is 0 Å². The number of nitrogens with two attached hydrogens (primary N) is 1. The van der Waals surface area contributed by atoms with E-state index in [1.165, 1.54) is 6.26 Å². The number of carbonyl (C=O) groups is 1. The van der Waals surface area contributed by atoms with E-state index in [-0.39, 0.29) is 0 Å². The third-order valence-corrected chi connectivity index (χ3v) is 1.12. The summed E-state index contributed by atoms with van der Waals surface area (Å²) < 4.78 is 13.8. The average molecular weight is 165 g/mol. The lowest BCUT2D eigenvalue weighted by atomic mass is 10.7. The maximum Gasteiger partial charge on any atom is 0.350 e. The molecule has 0 heterocycles. The van der Waals surface area contributed by atoms with Crippen molar-refractivity contribution in [2.24, 2.45) is 9.50 Å². The van der Waals surface area contributed by atoms with Gasteiger partial charge in [-0.05, 0) is 6.92 Å². The molecule has 0 aliphatic heterocycles. The van der Waals surface area contributed by atoms with E-state index in [0.717, 1.165) is 0 Å². The molecule has 0 aromatic carbocycles. The first-order valence-corrected chi connectivity index (χ1v) is 4.72. The summed E-state index contributed by atoms with van der Waals surface area (Å²) in [4.78, 5) is 10.5. The van der Waals surface area contributed by atoms with Crippen molar-refractivity contribution >= 4 is 15.9 Å². The number of carbonyl (C=O) groups excluding carboxylic acids is 1. The number of rotatable bonds is 1. The summed E-state index contributed by atoms with van der Waals surface area (Å²) >= 11 is 0. The Morgan fingerprint density at radius 2 is 2.30 bits per heavy atom. The highest BCUT2D eigenvalue weighted by molar-refractivity contribution is 7.90. The molecule has 0 radical (unpaired) electrons. The van der Waals surface area contributed by atoms with Crippen LogP contribution >= 0.6 is 0 Å². The molecule has 0 saturated carbocycles. The smallest absolute Gasteiger partial charge is 0.336 e. The van der Waals surface area contributed by atoms with Gasteiger partial charge in [0.05, 0.1) is 0 Å². The molecule has 5 nitrogen and oxygen atoms in total. The molecule has 0 spiro atoms. The molecule has 0 rings (SSSR count). The van der Waals surface area contributed by atoms with Gasteiger partial charge in [-0.15, -0.1) is 4.36 Å². The highest BCUT2D eigenvalue weighted by atomic mass is 32.2. The first kappa shape index (κ1) is 9.38. The van der Waals surface area contributed by atoms with Crippen LogP contribution in [0.4, 0.5) is 4.79 Å². The van der Waals surface area contributed by atoms with E-state index >= 15 is 0 Å². The standard InChI is InChI=1S/C4H11N3O2S/c1-3-6-4(8)7-10(2,5)9/h3H2,1-2H3,(H3,5,6,7,8,9)/t10-/m1/s1. The van der Waals surface area contributed by atoms with Gasteiger partial charge in [0.1, 0.15) is 9.92 Å². The molecule has 2 amide bonds. The predicted octanol–water partition coefficient (Wildman–Crippen LogP) is -0.313. The highest BCUT2D eigenvalue weighted by Crippen LogP contribution is 1.79. The van der Waals surface area contributed by atoms with Crippen molar-refractivity contribution in [2.45, 2.75) is 6.92 Å². The fourth-order valence-corrected chi connectivity index (χ4v) is 0.742. The van der Waals surface area contributed by atoms with Crippen LogP contribution in [-0.2, 0) is 9.92 Å². The molecule has 3 N–H and O–H groups in total. The Bertz CT molecular complexity index is 221. The molecule has 0 saturated heterocycles. The third-order valence-electron chi connectivity index (χ3n) is 0.592. The van der Waals surface area contributed by atoms with Gasteiger partial charge in [0.15, 0.2) is 0 Å². The molecule has 0 bridgehead atoms. The molecule has 1 atom stereocenters. The van der Waals surface area contributed by atoms with Crippen LogP contribution in [0.3, 0.4) is 0 Å². The van der Waals surface area contributed by atoms with Crippen molar-refractivity contribution in [3.8, 4) is 0 Å². The van der Waals surface area contributed by atoms with Gasteiger partial charge in [-0.2, -0.15) is 0 Å². The van der Waals surface area contributed by atoms with Gasteiger partial charge in [0.2, 0.25) is 0 Å². The minimum atomic E-state index is -2.78. The summed E-state index contributed by atoms with van der Waals surface area (Å²) in [5.41, 5.74) is 0. The van der Waals surface area contributed by atoms with Crippen molar-refractivity contribution < 1.29 is 9.00 Å². The largest absolute Gasteiger partial charge is 0.350 e. The maximum atomic E-state index is 10.6. The lowest BCUT2D eigenvalue weighted by Crippen LogP contribution is -2.22. The summed E-state index contributed by atoms with van der Waals surface area (Å²) in [6.07, 6.45) is 1.20. The number of nitrogens with one attached hydrogen (secondary N) is 1. The van der Waals surface area contributed by atoms with Crippen LogP contribution in [0.15, 0.2) is 4.36 Å². The lowest BCUT2D eigenvalue weighted by molar-refractivity contribution is 0.250. The van der Waals surface area contributed by atoms with Gasteiger partial charge in [-0.3, -0.25) is 0 Å². The van der Waals surface area contributed by atoms with Crippen molar-refractivity contribution in [2.75, 3.05) is 12.8 Å². The highest BCUT2D eigenvalue weighted by Gasteiger charge is 1.96. The third kappa shape index (κ3) is 5.52. The van der Waals surface area contributed by atoms with Gasteiger partial charge < -0.3 is 5.32 Å². The zero-order valence-corrected chi connectivity index (χ0v) is 6.77. The molecule has 6 heteroatoms. The van der Waals surface area contributed by atoms with Gasteiger partial charge in [-0.1, -0.05) is 0 Å². The molecule has 60 valence electrons. The van der Waals surface area contributed by atoms with E-state index in [1.807, 2.05) is 0 Å². The van der Waals surface area contributed by atoms with Crippen molar-refractivity contribution in [3.05, 3.63) is 0 Å². The minimum Gasteiger partial charge on any atom is -0.336 e. The Kier molecular flexibility index (Phi) is 3.31. The first-order valence-electron chi connectivity index (χ1n) is 2.73. The van der Waals surface area contributed by atoms with Crippen molar-refractivity contribution in [1.29, 1.82) is 0 Å². The second kappa shape index (κ2) is 3.52. The molecular weight excluding hydrogens is 154 g/mol. The second-order valence-corrected chi connectivity index (χ2v) is 3.69. The fraction of sp³-hybridized carbons (Fsp3) is 0.750. The monoisotopic (exact) mass is 165 g/mol. The minimum absolute atomic E-state index is 0.456. The Balaban J connectivity index is 4.16. The normalized spacial score (nSPS) is 15.5. The van der Waals surface area contributed by atoms with Gasteiger partial charge in [-0.25, -0.2) is 14.1 Å². The molecule has 0 aromatic rings. The zero-order chi connectivity index (χ0) is 8.20. The van der Waals surface area contributed by atoms with Gasteiger partial charge in [0.25, 0.3) is 0 Å². The molecule has 0 unspecified atom stereocenters. The van der Waals surface area contributed by atoms with Crippen molar-refractivity contribution in [1.82, 2.24) is 5.32 Å². The van der Waals surface area contributed by atoms with Gasteiger partial charge in [0, 0.05) is 12.8 Å². The van der Waals surface area contributed by atoms with Crippen LogP contribution in [0, 0.1) is 0 Å². The van der Waals surface area contributed by atoms with E-state index in [4.69, 9.17) is 5.14 Å². The summed E-state index contributed by atoms with van der Waals surface area (Å²) in [6, 6.07) is -0.627. The Hall–Kier alpha value is -0.620. The predicted molar refractivity (Wildman–Crippen MR) is 39.8 cm³/mol. The second-order valence-electron chi connectivity index (χ2n) is 1.79. The van der Waals surface area contributed by atoms with Crippen LogP contribution in [0.1, 0.15) is 6.92 Å². The van der Waals surface area contributed by atoms with Crippen LogP contribution < -0.4 is 10.5 Å². The maximum absolute atomic E-state index is 10.6. The number of urea groups is 1. The van der Waals surface area contributed by atoms with E-state index in [9.17, 15) is 9.00 Å². The molecular formula is C4H11N3O2S. The van der Waals surface area contributed by atoms with Crippen molar-refractivity contribution in [3.63, 3.8) is 0 Å². The Morgan fingerprint density at radius 3 is 2.60 bits per heavy atom. The summed E-state index contributed by atoms with van der Waals surface area (Å²) in [5.74, 6) is 0. The Morgan fingerprint density at radius 1 is 1.80 bits per heavy atom. The topological polar surface area (TPSA) is 84.6 Å². The molecule has 0 aliphatic carbocycles. The first-order chi connectivity index (χ1) is 4.45. The SMILES string of the molecule is CCNC(=O)N=[S@@](C)(N)=O. The number of hydrogen-bond acceptors (Lipinski definition) is 2. The summed E-state index contributed by atoms with van der Waals surface area (Å²) in [7, 11) is -2.78. The lowest BCUT2D eigenvalue weighted by Gasteiger charge is -1.95. The van der Waals surface area contributed by atoms with Crippen LogP contribution in [0.2, 0.25) is 0 Å². The van der Waals surface area contributed by atoms with E-state index in [0.29, 0.717) is 6.54 Å². The number of amides is 2.